The number of aromatic nitrogens is 2. The molecular formula is C20H28FN3O2. The van der Waals surface area contributed by atoms with Gasteiger partial charge in [0.1, 0.15) is 18.5 Å². The van der Waals surface area contributed by atoms with E-state index in [0.29, 0.717) is 30.9 Å². The topological polar surface area (TPSA) is 46.8 Å². The molecule has 6 heteroatoms. The summed E-state index contributed by atoms with van der Waals surface area (Å²) in [5.74, 6) is 0.938. The second kappa shape index (κ2) is 8.62. The van der Waals surface area contributed by atoms with Gasteiger partial charge in [-0.25, -0.2) is 8.91 Å². The van der Waals surface area contributed by atoms with E-state index in [-0.39, 0.29) is 11.7 Å². The van der Waals surface area contributed by atoms with Gasteiger partial charge < -0.3 is 4.74 Å². The zero-order valence-electron chi connectivity index (χ0n) is 15.7. The molecule has 1 aliphatic heterocycles. The molecule has 5 nitrogen and oxygen atoms in total. The maximum atomic E-state index is 13.2. The molecule has 0 aromatic carbocycles. The van der Waals surface area contributed by atoms with Crippen molar-refractivity contribution in [3.8, 4) is 5.75 Å². The number of pyridine rings is 1. The number of carbonyl (C=O) groups is 1. The molecule has 3 heterocycles. The summed E-state index contributed by atoms with van der Waals surface area (Å²) in [7, 11) is 0. The van der Waals surface area contributed by atoms with E-state index >= 15 is 0 Å². The highest BCUT2D eigenvalue weighted by Gasteiger charge is 2.22. The Hall–Kier alpha value is -1.95. The van der Waals surface area contributed by atoms with Crippen LogP contribution in [0, 0.1) is 5.92 Å². The number of Topliss-reactive ketones (excluding diaryl/α,β-unsaturated/α-hetero) is 1. The van der Waals surface area contributed by atoms with Gasteiger partial charge in [0.15, 0.2) is 5.78 Å². The molecule has 3 rings (SSSR count). The van der Waals surface area contributed by atoms with E-state index in [2.05, 4.69) is 23.8 Å². The lowest BCUT2D eigenvalue weighted by Crippen LogP contribution is -2.26. The first-order valence-corrected chi connectivity index (χ1v) is 9.63. The number of alkyl halides is 1. The molecule has 0 radical (unpaired) electrons. The predicted octanol–water partition coefficient (Wildman–Crippen LogP) is 3.77. The standard InChI is InChI=1S/C20H28FN3O2/c1-3-5-15(4-2)20(25)18-12-22-24-14-17(6-7-19(18)24)26-11-10-23-9-8-16(21)13-23/h6-7,12,14-16H,3-5,8-11,13H2,1-2H3/t15?,16-/m0/s1. The molecule has 0 N–H and O–H groups in total. The molecule has 142 valence electrons. The number of fused-ring (bicyclic) bond motifs is 1. The van der Waals surface area contributed by atoms with Crippen LogP contribution in [-0.4, -0.2) is 52.7 Å². The van der Waals surface area contributed by atoms with Crippen LogP contribution in [-0.2, 0) is 0 Å². The van der Waals surface area contributed by atoms with Crippen LogP contribution in [0.15, 0.2) is 24.5 Å². The fourth-order valence-electron chi connectivity index (χ4n) is 3.61. The summed E-state index contributed by atoms with van der Waals surface area (Å²) in [5.41, 5.74) is 1.50. The van der Waals surface area contributed by atoms with Crippen molar-refractivity contribution in [2.75, 3.05) is 26.2 Å². The van der Waals surface area contributed by atoms with Crippen LogP contribution < -0.4 is 4.74 Å². The van der Waals surface area contributed by atoms with Gasteiger partial charge in [-0.3, -0.25) is 9.69 Å². The second-order valence-electron chi connectivity index (χ2n) is 7.05. The molecule has 1 aliphatic rings. The average molecular weight is 361 g/mol. The first kappa shape index (κ1) is 18.8. The first-order chi connectivity index (χ1) is 12.6. The Labute approximate surface area is 154 Å². The minimum atomic E-state index is -0.703. The van der Waals surface area contributed by atoms with E-state index in [1.165, 1.54) is 0 Å². The van der Waals surface area contributed by atoms with E-state index < -0.39 is 6.17 Å². The fourth-order valence-corrected chi connectivity index (χ4v) is 3.61. The van der Waals surface area contributed by atoms with Crippen LogP contribution in [0.1, 0.15) is 49.9 Å². The molecule has 0 amide bonds. The van der Waals surface area contributed by atoms with Gasteiger partial charge in [0, 0.05) is 25.6 Å². The first-order valence-electron chi connectivity index (χ1n) is 9.63. The summed E-state index contributed by atoms with van der Waals surface area (Å²) >= 11 is 0. The summed E-state index contributed by atoms with van der Waals surface area (Å²) in [6.45, 7) is 6.69. The Balaban J connectivity index is 1.64. The quantitative estimate of drug-likeness (QED) is 0.638. The van der Waals surface area contributed by atoms with Gasteiger partial charge in [-0.2, -0.15) is 5.10 Å². The molecule has 0 spiro atoms. The predicted molar refractivity (Wildman–Crippen MR) is 99.7 cm³/mol. The third-order valence-corrected chi connectivity index (χ3v) is 5.15. The Kier molecular flexibility index (Phi) is 6.25. The largest absolute Gasteiger partial charge is 0.491 e. The summed E-state index contributed by atoms with van der Waals surface area (Å²) in [6.07, 6.45) is 6.13. The third-order valence-electron chi connectivity index (χ3n) is 5.15. The number of rotatable bonds is 9. The molecule has 0 saturated carbocycles. The molecule has 1 saturated heterocycles. The molecular weight excluding hydrogens is 333 g/mol. The van der Waals surface area contributed by atoms with Crippen molar-refractivity contribution in [2.45, 2.75) is 45.7 Å². The number of nitrogens with zero attached hydrogens (tertiary/aromatic N) is 3. The van der Waals surface area contributed by atoms with Gasteiger partial charge in [-0.05, 0) is 31.4 Å². The monoisotopic (exact) mass is 361 g/mol. The number of ketones is 1. The van der Waals surface area contributed by atoms with Crippen molar-refractivity contribution < 1.29 is 13.9 Å². The van der Waals surface area contributed by atoms with Gasteiger partial charge in [0.25, 0.3) is 0 Å². The van der Waals surface area contributed by atoms with Crippen molar-refractivity contribution in [3.63, 3.8) is 0 Å². The van der Waals surface area contributed by atoms with Gasteiger partial charge in [0.05, 0.1) is 23.5 Å². The average Bonchev–Trinajstić information content (AvgIpc) is 3.25. The fraction of sp³-hybridized carbons (Fsp3) is 0.600. The van der Waals surface area contributed by atoms with Crippen LogP contribution >= 0.6 is 0 Å². The smallest absolute Gasteiger partial charge is 0.169 e. The van der Waals surface area contributed by atoms with Crippen LogP contribution in [0.2, 0.25) is 0 Å². The molecule has 26 heavy (non-hydrogen) atoms. The highest BCUT2D eigenvalue weighted by atomic mass is 19.1. The lowest BCUT2D eigenvalue weighted by Gasteiger charge is -2.15. The van der Waals surface area contributed by atoms with Crippen molar-refractivity contribution in [2.24, 2.45) is 5.92 Å². The summed E-state index contributed by atoms with van der Waals surface area (Å²) in [5, 5.41) is 4.33. The highest BCUT2D eigenvalue weighted by molar-refractivity contribution is 6.03. The van der Waals surface area contributed by atoms with E-state index in [0.717, 1.165) is 37.9 Å². The van der Waals surface area contributed by atoms with Gasteiger partial charge in [-0.1, -0.05) is 20.3 Å². The zero-order chi connectivity index (χ0) is 18.5. The number of hydrogen-bond acceptors (Lipinski definition) is 4. The minimum absolute atomic E-state index is 0.0590. The third kappa shape index (κ3) is 4.23. The Morgan fingerprint density at radius 3 is 2.96 bits per heavy atom. The number of ether oxygens (including phenoxy) is 1. The van der Waals surface area contributed by atoms with Crippen LogP contribution in [0.4, 0.5) is 4.39 Å². The Morgan fingerprint density at radius 1 is 1.42 bits per heavy atom. The van der Waals surface area contributed by atoms with E-state index in [1.807, 2.05) is 12.1 Å². The molecule has 1 unspecified atom stereocenters. The second-order valence-corrected chi connectivity index (χ2v) is 7.05. The minimum Gasteiger partial charge on any atom is -0.491 e. The Morgan fingerprint density at radius 2 is 2.27 bits per heavy atom. The maximum absolute atomic E-state index is 13.2. The number of carbonyl (C=O) groups excluding carboxylic acids is 1. The van der Waals surface area contributed by atoms with E-state index in [4.69, 9.17) is 4.74 Å². The van der Waals surface area contributed by atoms with Crippen LogP contribution in [0.3, 0.4) is 0 Å². The van der Waals surface area contributed by atoms with Crippen molar-refractivity contribution in [3.05, 3.63) is 30.1 Å². The van der Waals surface area contributed by atoms with Crippen LogP contribution in [0.25, 0.3) is 5.52 Å². The normalized spacial score (nSPS) is 19.1. The van der Waals surface area contributed by atoms with Crippen molar-refractivity contribution in [1.82, 2.24) is 14.5 Å². The molecule has 2 aromatic heterocycles. The Bertz CT molecular complexity index is 746. The molecule has 1 fully saturated rings. The lowest BCUT2D eigenvalue weighted by molar-refractivity contribution is 0.0911. The summed E-state index contributed by atoms with van der Waals surface area (Å²) in [4.78, 5) is 14.8. The summed E-state index contributed by atoms with van der Waals surface area (Å²) in [6, 6.07) is 3.76. The molecule has 0 aliphatic carbocycles. The maximum Gasteiger partial charge on any atom is 0.169 e. The van der Waals surface area contributed by atoms with Crippen molar-refractivity contribution >= 4 is 11.3 Å². The van der Waals surface area contributed by atoms with Crippen molar-refractivity contribution in [1.29, 1.82) is 0 Å². The number of hydrogen-bond donors (Lipinski definition) is 0. The van der Waals surface area contributed by atoms with Gasteiger partial charge in [-0.15, -0.1) is 0 Å². The van der Waals surface area contributed by atoms with E-state index in [1.54, 1.807) is 16.9 Å². The van der Waals surface area contributed by atoms with Gasteiger partial charge >= 0.3 is 0 Å². The van der Waals surface area contributed by atoms with E-state index in [9.17, 15) is 9.18 Å². The van der Waals surface area contributed by atoms with Crippen LogP contribution in [0.5, 0.6) is 5.75 Å². The number of halogens is 1. The summed E-state index contributed by atoms with van der Waals surface area (Å²) < 4.78 is 20.7. The molecule has 2 aromatic rings. The highest BCUT2D eigenvalue weighted by Crippen LogP contribution is 2.23. The number of likely N-dealkylation sites (tertiary alicyclic amines) is 1. The van der Waals surface area contributed by atoms with Gasteiger partial charge in [0.2, 0.25) is 0 Å². The lowest BCUT2D eigenvalue weighted by atomic mass is 9.92. The molecule has 2 atom stereocenters. The zero-order valence-corrected chi connectivity index (χ0v) is 15.7. The molecule has 0 bridgehead atoms. The SMILES string of the molecule is CCCC(CC)C(=O)c1cnn2cc(OCCN3CC[C@H](F)C3)ccc12.